The fourth-order valence-electron chi connectivity index (χ4n) is 1.28. The minimum atomic E-state index is -0.889. The molecular formula is C8H16N2O2. The van der Waals surface area contributed by atoms with Crippen molar-refractivity contribution in [3.05, 3.63) is 0 Å². The van der Waals surface area contributed by atoms with Gasteiger partial charge in [-0.05, 0) is 32.4 Å². The Morgan fingerprint density at radius 1 is 1.83 bits per heavy atom. The van der Waals surface area contributed by atoms with Crippen LogP contribution in [0.1, 0.15) is 13.3 Å². The van der Waals surface area contributed by atoms with Crippen LogP contribution in [0, 0.1) is 5.92 Å². The molecule has 0 aliphatic carbocycles. The van der Waals surface area contributed by atoms with Crippen LogP contribution in [0.2, 0.25) is 0 Å². The molecule has 0 saturated carbocycles. The zero-order valence-electron chi connectivity index (χ0n) is 7.34. The second kappa shape index (κ2) is 4.42. The largest absolute Gasteiger partial charge is 0.384 e. The first-order valence-corrected chi connectivity index (χ1v) is 4.36. The summed E-state index contributed by atoms with van der Waals surface area (Å²) in [5.41, 5.74) is 0. The molecule has 0 radical (unpaired) electrons. The van der Waals surface area contributed by atoms with Crippen molar-refractivity contribution in [1.82, 2.24) is 10.6 Å². The maximum absolute atomic E-state index is 10.9. The Bertz CT molecular complexity index is 153. The fourth-order valence-corrected chi connectivity index (χ4v) is 1.28. The van der Waals surface area contributed by atoms with Crippen LogP contribution in [0.15, 0.2) is 0 Å². The molecule has 70 valence electrons. The van der Waals surface area contributed by atoms with Crippen LogP contribution in [0.3, 0.4) is 0 Å². The van der Waals surface area contributed by atoms with Gasteiger partial charge in [-0.25, -0.2) is 0 Å². The van der Waals surface area contributed by atoms with Gasteiger partial charge in [-0.2, -0.15) is 0 Å². The van der Waals surface area contributed by atoms with Crippen molar-refractivity contribution in [2.75, 3.05) is 19.6 Å². The first-order valence-electron chi connectivity index (χ1n) is 4.36. The molecule has 4 nitrogen and oxygen atoms in total. The Kier molecular flexibility index (Phi) is 3.49. The van der Waals surface area contributed by atoms with E-state index in [0.29, 0.717) is 12.5 Å². The number of hydrogen-bond donors (Lipinski definition) is 3. The van der Waals surface area contributed by atoms with E-state index in [1.165, 1.54) is 6.92 Å². The first kappa shape index (κ1) is 9.48. The summed E-state index contributed by atoms with van der Waals surface area (Å²) >= 11 is 0. The van der Waals surface area contributed by atoms with Crippen LogP contribution in [0.25, 0.3) is 0 Å². The van der Waals surface area contributed by atoms with E-state index >= 15 is 0 Å². The van der Waals surface area contributed by atoms with Gasteiger partial charge in [0, 0.05) is 6.54 Å². The summed E-state index contributed by atoms with van der Waals surface area (Å²) in [7, 11) is 0. The summed E-state index contributed by atoms with van der Waals surface area (Å²) in [6.45, 7) is 4.16. The molecule has 1 rings (SSSR count). The predicted molar refractivity (Wildman–Crippen MR) is 45.7 cm³/mol. The number of aliphatic hydroxyl groups is 1. The van der Waals surface area contributed by atoms with Gasteiger partial charge in [-0.3, -0.25) is 4.79 Å². The van der Waals surface area contributed by atoms with Crippen molar-refractivity contribution in [3.63, 3.8) is 0 Å². The highest BCUT2D eigenvalue weighted by Crippen LogP contribution is 2.04. The molecule has 0 spiro atoms. The minimum absolute atomic E-state index is 0.276. The number of aliphatic hydroxyl groups excluding tert-OH is 1. The Labute approximate surface area is 72.3 Å². The lowest BCUT2D eigenvalue weighted by Gasteiger charge is -2.10. The van der Waals surface area contributed by atoms with Gasteiger partial charge in [0.2, 0.25) is 5.91 Å². The second-order valence-corrected chi connectivity index (χ2v) is 3.28. The average molecular weight is 172 g/mol. The van der Waals surface area contributed by atoms with Crippen molar-refractivity contribution in [1.29, 1.82) is 0 Å². The molecule has 0 aromatic carbocycles. The molecule has 0 aromatic heterocycles. The van der Waals surface area contributed by atoms with Gasteiger partial charge >= 0.3 is 0 Å². The maximum Gasteiger partial charge on any atom is 0.248 e. The lowest BCUT2D eigenvalue weighted by atomic mass is 10.1. The summed E-state index contributed by atoms with van der Waals surface area (Å²) in [6.07, 6.45) is 0.222. The Morgan fingerprint density at radius 2 is 2.58 bits per heavy atom. The predicted octanol–water partition coefficient (Wildman–Crippen LogP) is -0.907. The molecule has 2 atom stereocenters. The van der Waals surface area contributed by atoms with Crippen molar-refractivity contribution in [3.8, 4) is 0 Å². The summed E-state index contributed by atoms with van der Waals surface area (Å²) in [5.74, 6) is 0.259. The van der Waals surface area contributed by atoms with E-state index in [1.807, 2.05) is 0 Å². The van der Waals surface area contributed by atoms with E-state index in [1.54, 1.807) is 0 Å². The van der Waals surface area contributed by atoms with Gasteiger partial charge in [-0.15, -0.1) is 0 Å². The highest BCUT2D eigenvalue weighted by atomic mass is 16.3. The van der Waals surface area contributed by atoms with Crippen LogP contribution in [-0.2, 0) is 4.79 Å². The summed E-state index contributed by atoms with van der Waals surface area (Å²) in [5, 5.41) is 14.8. The van der Waals surface area contributed by atoms with E-state index in [9.17, 15) is 4.79 Å². The lowest BCUT2D eigenvalue weighted by molar-refractivity contribution is -0.128. The Balaban J connectivity index is 2.12. The fraction of sp³-hybridized carbons (Fsp3) is 0.875. The third kappa shape index (κ3) is 2.79. The van der Waals surface area contributed by atoms with Crippen molar-refractivity contribution in [2.24, 2.45) is 5.92 Å². The van der Waals surface area contributed by atoms with Gasteiger partial charge in [-0.1, -0.05) is 0 Å². The molecule has 1 heterocycles. The van der Waals surface area contributed by atoms with Gasteiger partial charge in [0.05, 0.1) is 0 Å². The third-order valence-electron chi connectivity index (χ3n) is 2.11. The lowest BCUT2D eigenvalue weighted by Crippen LogP contribution is -2.36. The topological polar surface area (TPSA) is 61.4 Å². The molecule has 12 heavy (non-hydrogen) atoms. The molecule has 1 aliphatic heterocycles. The maximum atomic E-state index is 10.9. The molecule has 0 bridgehead atoms. The molecule has 3 N–H and O–H groups in total. The summed E-state index contributed by atoms with van der Waals surface area (Å²) in [4.78, 5) is 10.9. The van der Waals surface area contributed by atoms with Crippen LogP contribution >= 0.6 is 0 Å². The smallest absolute Gasteiger partial charge is 0.248 e. The molecule has 1 saturated heterocycles. The SMILES string of the molecule is C[C@@H](O)C(=O)NC[C@H]1CCNC1. The normalized spacial score (nSPS) is 25.3. The molecule has 0 unspecified atom stereocenters. The molecule has 4 heteroatoms. The third-order valence-corrected chi connectivity index (χ3v) is 2.11. The number of amides is 1. The first-order chi connectivity index (χ1) is 5.70. The van der Waals surface area contributed by atoms with Crippen molar-refractivity contribution >= 4 is 5.91 Å². The summed E-state index contributed by atoms with van der Waals surface area (Å²) < 4.78 is 0. The standard InChI is InChI=1S/C8H16N2O2/c1-6(11)8(12)10-5-7-2-3-9-4-7/h6-7,9,11H,2-5H2,1H3,(H,10,12)/t6-,7+/m1/s1. The summed E-state index contributed by atoms with van der Waals surface area (Å²) in [6, 6.07) is 0. The van der Waals surface area contributed by atoms with E-state index < -0.39 is 6.10 Å². The number of hydrogen-bond acceptors (Lipinski definition) is 3. The zero-order valence-corrected chi connectivity index (χ0v) is 7.34. The van der Waals surface area contributed by atoms with Crippen LogP contribution < -0.4 is 10.6 Å². The van der Waals surface area contributed by atoms with E-state index in [-0.39, 0.29) is 5.91 Å². The van der Waals surface area contributed by atoms with E-state index in [0.717, 1.165) is 19.5 Å². The van der Waals surface area contributed by atoms with Crippen LogP contribution in [-0.4, -0.2) is 36.8 Å². The average Bonchev–Trinajstić information content (AvgIpc) is 2.51. The zero-order chi connectivity index (χ0) is 8.97. The Hall–Kier alpha value is -0.610. The number of rotatable bonds is 3. The van der Waals surface area contributed by atoms with Crippen LogP contribution in [0.4, 0.5) is 0 Å². The number of nitrogens with one attached hydrogen (secondary N) is 2. The van der Waals surface area contributed by atoms with Crippen molar-refractivity contribution < 1.29 is 9.90 Å². The number of carbonyl (C=O) groups is 1. The molecule has 1 aliphatic rings. The van der Waals surface area contributed by atoms with Crippen LogP contribution in [0.5, 0.6) is 0 Å². The van der Waals surface area contributed by atoms with E-state index in [4.69, 9.17) is 5.11 Å². The molecular weight excluding hydrogens is 156 g/mol. The highest BCUT2D eigenvalue weighted by molar-refractivity contribution is 5.79. The van der Waals surface area contributed by atoms with Gasteiger partial charge < -0.3 is 15.7 Å². The van der Waals surface area contributed by atoms with Crippen molar-refractivity contribution in [2.45, 2.75) is 19.4 Å². The van der Waals surface area contributed by atoms with E-state index in [2.05, 4.69) is 10.6 Å². The Morgan fingerprint density at radius 3 is 3.08 bits per heavy atom. The quantitative estimate of drug-likeness (QED) is 0.516. The van der Waals surface area contributed by atoms with Gasteiger partial charge in [0.25, 0.3) is 0 Å². The van der Waals surface area contributed by atoms with Gasteiger partial charge in [0.15, 0.2) is 0 Å². The molecule has 1 amide bonds. The monoisotopic (exact) mass is 172 g/mol. The van der Waals surface area contributed by atoms with Gasteiger partial charge in [0.1, 0.15) is 6.10 Å². The molecule has 1 fully saturated rings. The second-order valence-electron chi connectivity index (χ2n) is 3.28. The number of carbonyl (C=O) groups excluding carboxylic acids is 1. The minimum Gasteiger partial charge on any atom is -0.384 e. The highest BCUT2D eigenvalue weighted by Gasteiger charge is 2.16. The molecule has 0 aromatic rings.